The van der Waals surface area contributed by atoms with Crippen molar-refractivity contribution in [3.8, 4) is 0 Å². The van der Waals surface area contributed by atoms with Crippen molar-refractivity contribution in [2.45, 2.75) is 107 Å². The van der Waals surface area contributed by atoms with Gasteiger partial charge in [-0.25, -0.2) is 0 Å². The van der Waals surface area contributed by atoms with Crippen molar-refractivity contribution < 1.29 is 24.1 Å². The molecule has 1 N–H and O–H groups in total. The summed E-state index contributed by atoms with van der Waals surface area (Å²) < 4.78 is 25.1. The van der Waals surface area contributed by atoms with Gasteiger partial charge >= 0.3 is 0 Å². The predicted molar refractivity (Wildman–Crippen MR) is 88.8 cm³/mol. The van der Waals surface area contributed by atoms with Gasteiger partial charge in [0, 0.05) is 19.4 Å². The van der Waals surface area contributed by atoms with E-state index in [0.717, 1.165) is 51.4 Å². The lowest BCUT2D eigenvalue weighted by Crippen LogP contribution is -2.45. The van der Waals surface area contributed by atoms with Crippen LogP contribution in [0.25, 0.3) is 0 Å². The van der Waals surface area contributed by atoms with Gasteiger partial charge in [0.25, 0.3) is 0 Å². The molecule has 0 aromatic heterocycles. The molecular weight excluding hydrogens is 308 g/mol. The third-order valence-electron chi connectivity index (χ3n) is 6.19. The third-order valence-corrected chi connectivity index (χ3v) is 6.19. The topological polar surface area (TPSA) is 57.2 Å². The first-order valence-corrected chi connectivity index (χ1v) is 10.0. The van der Waals surface area contributed by atoms with Crippen molar-refractivity contribution in [2.24, 2.45) is 0 Å². The largest absolute Gasteiger partial charge is 0.396 e. The molecule has 5 atom stereocenters. The minimum Gasteiger partial charge on any atom is -0.396 e. The average molecular weight is 340 g/mol. The number of hydrogen-bond acceptors (Lipinski definition) is 5. The molecule has 0 radical (unpaired) electrons. The maximum atomic E-state index is 9.03. The Morgan fingerprint density at radius 1 is 0.958 bits per heavy atom. The molecule has 5 nitrogen and oxygen atoms in total. The van der Waals surface area contributed by atoms with E-state index in [4.69, 9.17) is 24.1 Å². The Morgan fingerprint density at radius 2 is 1.83 bits per heavy atom. The Kier molecular flexibility index (Phi) is 5.44. The standard InChI is InChI=1S/C19H32O5/c20-12-9-14-7-8-15(13-21-14)22-16-5-4-6-17-18(16)24-19(23-17)10-2-1-3-11-19/h14-18,20H,1-13H2/t14?,15-,16+,17+,18-/m0/s1. The zero-order chi connectivity index (χ0) is 16.4. The van der Waals surface area contributed by atoms with Crippen molar-refractivity contribution in [1.29, 1.82) is 0 Å². The molecule has 0 amide bonds. The molecule has 138 valence electrons. The second-order valence-corrected chi connectivity index (χ2v) is 7.98. The predicted octanol–water partition coefficient (Wildman–Crippen LogP) is 2.93. The molecule has 0 aromatic rings. The first-order valence-electron chi connectivity index (χ1n) is 10.0. The monoisotopic (exact) mass is 340 g/mol. The van der Waals surface area contributed by atoms with E-state index < -0.39 is 0 Å². The third kappa shape index (κ3) is 3.65. The van der Waals surface area contributed by atoms with Crippen molar-refractivity contribution >= 4 is 0 Å². The average Bonchev–Trinajstić information content (AvgIpc) is 2.96. The second-order valence-electron chi connectivity index (χ2n) is 7.98. The molecule has 2 saturated heterocycles. The van der Waals surface area contributed by atoms with Gasteiger partial charge in [-0.1, -0.05) is 6.42 Å². The van der Waals surface area contributed by atoms with Crippen LogP contribution >= 0.6 is 0 Å². The quantitative estimate of drug-likeness (QED) is 0.853. The molecule has 1 spiro atoms. The van der Waals surface area contributed by atoms with Crippen LogP contribution in [0.1, 0.15) is 70.6 Å². The van der Waals surface area contributed by atoms with Gasteiger partial charge in [-0.15, -0.1) is 0 Å². The molecule has 0 aromatic carbocycles. The lowest BCUT2D eigenvalue weighted by Gasteiger charge is -2.36. The summed E-state index contributed by atoms with van der Waals surface area (Å²) in [6.45, 7) is 0.848. The number of aliphatic hydroxyl groups is 1. The zero-order valence-corrected chi connectivity index (χ0v) is 14.7. The van der Waals surface area contributed by atoms with Crippen LogP contribution in [0.15, 0.2) is 0 Å². The summed E-state index contributed by atoms with van der Waals surface area (Å²) in [6, 6.07) is 0. The van der Waals surface area contributed by atoms with E-state index in [2.05, 4.69) is 0 Å². The molecule has 1 unspecified atom stereocenters. The molecule has 4 rings (SSSR count). The lowest BCUT2D eigenvalue weighted by atomic mass is 9.91. The van der Waals surface area contributed by atoms with Crippen LogP contribution < -0.4 is 0 Å². The fourth-order valence-corrected chi connectivity index (χ4v) is 4.90. The van der Waals surface area contributed by atoms with Gasteiger partial charge < -0.3 is 24.1 Å². The van der Waals surface area contributed by atoms with Crippen molar-refractivity contribution in [3.63, 3.8) is 0 Å². The minimum absolute atomic E-state index is 0.104. The SMILES string of the molecule is OCCC1CC[C@H](O[C@@H]2CCC[C@H]3OC4(CCCCC4)O[C@@H]23)CO1. The lowest BCUT2D eigenvalue weighted by molar-refractivity contribution is -0.207. The highest BCUT2D eigenvalue weighted by Crippen LogP contribution is 2.45. The normalized spacial score (nSPS) is 42.1. The molecule has 2 saturated carbocycles. The summed E-state index contributed by atoms with van der Waals surface area (Å²) in [5.41, 5.74) is 0. The number of rotatable bonds is 4. The summed E-state index contributed by atoms with van der Waals surface area (Å²) in [5, 5.41) is 9.03. The van der Waals surface area contributed by atoms with E-state index in [1.165, 1.54) is 19.3 Å². The first-order chi connectivity index (χ1) is 11.8. The zero-order valence-electron chi connectivity index (χ0n) is 14.7. The van der Waals surface area contributed by atoms with Crippen LogP contribution in [-0.2, 0) is 18.9 Å². The summed E-state index contributed by atoms with van der Waals surface area (Å²) in [7, 11) is 0. The highest BCUT2D eigenvalue weighted by molar-refractivity contribution is 4.95. The van der Waals surface area contributed by atoms with E-state index in [9.17, 15) is 0 Å². The molecule has 24 heavy (non-hydrogen) atoms. The first kappa shape index (κ1) is 17.2. The van der Waals surface area contributed by atoms with E-state index in [-0.39, 0.29) is 42.9 Å². The van der Waals surface area contributed by atoms with Gasteiger partial charge in [-0.3, -0.25) is 0 Å². The number of ether oxygens (including phenoxy) is 4. The van der Waals surface area contributed by atoms with Gasteiger partial charge in [-0.2, -0.15) is 0 Å². The molecule has 2 aliphatic carbocycles. The molecule has 4 fully saturated rings. The smallest absolute Gasteiger partial charge is 0.169 e. The van der Waals surface area contributed by atoms with Crippen molar-refractivity contribution in [3.05, 3.63) is 0 Å². The molecule has 5 heteroatoms. The maximum absolute atomic E-state index is 9.03. The molecule has 0 bridgehead atoms. The van der Waals surface area contributed by atoms with E-state index >= 15 is 0 Å². The van der Waals surface area contributed by atoms with Crippen molar-refractivity contribution in [2.75, 3.05) is 13.2 Å². The van der Waals surface area contributed by atoms with Gasteiger partial charge in [0.05, 0.1) is 31.0 Å². The van der Waals surface area contributed by atoms with Crippen LogP contribution in [0.2, 0.25) is 0 Å². The fraction of sp³-hybridized carbons (Fsp3) is 1.00. The Bertz CT molecular complexity index is 401. The highest BCUT2D eigenvalue weighted by Gasteiger charge is 2.52. The molecule has 4 aliphatic rings. The maximum Gasteiger partial charge on any atom is 0.169 e. The summed E-state index contributed by atoms with van der Waals surface area (Å²) in [6.07, 6.45) is 12.7. The summed E-state index contributed by atoms with van der Waals surface area (Å²) in [4.78, 5) is 0. The van der Waals surface area contributed by atoms with E-state index in [0.29, 0.717) is 6.61 Å². The van der Waals surface area contributed by atoms with Crippen LogP contribution in [0.5, 0.6) is 0 Å². The molecule has 2 heterocycles. The summed E-state index contributed by atoms with van der Waals surface area (Å²) in [5.74, 6) is -0.311. The van der Waals surface area contributed by atoms with Crippen LogP contribution in [-0.4, -0.2) is 54.6 Å². The van der Waals surface area contributed by atoms with Crippen molar-refractivity contribution in [1.82, 2.24) is 0 Å². The van der Waals surface area contributed by atoms with E-state index in [1.807, 2.05) is 0 Å². The van der Waals surface area contributed by atoms with Crippen LogP contribution in [0.4, 0.5) is 0 Å². The van der Waals surface area contributed by atoms with Crippen LogP contribution in [0, 0.1) is 0 Å². The minimum atomic E-state index is -0.311. The molecular formula is C19H32O5. The number of fused-ring (bicyclic) bond motifs is 1. The molecule has 2 aliphatic heterocycles. The second kappa shape index (κ2) is 7.58. The summed E-state index contributed by atoms with van der Waals surface area (Å²) >= 11 is 0. The Balaban J connectivity index is 1.32. The Labute approximate surface area is 145 Å². The Hall–Kier alpha value is -0.200. The van der Waals surface area contributed by atoms with Gasteiger partial charge in [0.2, 0.25) is 0 Å². The van der Waals surface area contributed by atoms with Gasteiger partial charge in [0.15, 0.2) is 5.79 Å². The van der Waals surface area contributed by atoms with Gasteiger partial charge in [-0.05, 0) is 51.4 Å². The van der Waals surface area contributed by atoms with E-state index in [1.54, 1.807) is 0 Å². The Morgan fingerprint density at radius 3 is 2.58 bits per heavy atom. The highest BCUT2D eigenvalue weighted by atomic mass is 16.8. The number of hydrogen-bond donors (Lipinski definition) is 1. The fourth-order valence-electron chi connectivity index (χ4n) is 4.90. The number of aliphatic hydroxyl groups excluding tert-OH is 1. The van der Waals surface area contributed by atoms with Gasteiger partial charge in [0.1, 0.15) is 6.10 Å². The van der Waals surface area contributed by atoms with Crippen LogP contribution in [0.3, 0.4) is 0 Å².